The molecule has 1 unspecified atom stereocenters. The molecule has 0 bridgehead atoms. The number of nitrogens with one attached hydrogen (secondary N) is 2. The van der Waals surface area contributed by atoms with Crippen molar-refractivity contribution in [2.45, 2.75) is 33.4 Å². The van der Waals surface area contributed by atoms with Crippen molar-refractivity contribution in [2.75, 3.05) is 0 Å². The molecule has 0 radical (unpaired) electrons. The summed E-state index contributed by atoms with van der Waals surface area (Å²) in [7, 11) is 0. The highest BCUT2D eigenvalue weighted by Crippen LogP contribution is 2.15. The predicted molar refractivity (Wildman–Crippen MR) is 126 cm³/mol. The highest BCUT2D eigenvalue weighted by atomic mass is 16.2. The summed E-state index contributed by atoms with van der Waals surface area (Å²) in [5, 5.41) is 5.81. The number of Topliss-reactive ketones (excluding diaryl/α,β-unsaturated/α-hetero) is 2. The molecule has 1 atom stereocenters. The molecule has 3 aromatic carbocycles. The second-order valence-electron chi connectivity index (χ2n) is 7.89. The van der Waals surface area contributed by atoms with Crippen LogP contribution in [0.5, 0.6) is 0 Å². The standard InChI is InChI=1S/C27H26N2O4/c1-17(29-27(33)25-14-10-23(11-15-25)19(3)31)21-6-4-20(5-7-21)16-28-26(32)24-12-8-22(9-13-24)18(2)30/h4-15,17H,16H2,1-3H3,(H,28,32)(H,29,33). The number of benzene rings is 3. The Balaban J connectivity index is 1.54. The maximum Gasteiger partial charge on any atom is 0.251 e. The first kappa shape index (κ1) is 23.6. The van der Waals surface area contributed by atoms with Crippen LogP contribution in [0, 0.1) is 0 Å². The Morgan fingerprint density at radius 1 is 0.636 bits per heavy atom. The lowest BCUT2D eigenvalue weighted by molar-refractivity contribution is 0.0934. The number of carbonyl (C=O) groups is 4. The minimum Gasteiger partial charge on any atom is -0.348 e. The van der Waals surface area contributed by atoms with Crippen molar-refractivity contribution in [2.24, 2.45) is 0 Å². The molecule has 168 valence electrons. The molecular formula is C27H26N2O4. The maximum absolute atomic E-state index is 12.5. The summed E-state index contributed by atoms with van der Waals surface area (Å²) in [5.74, 6) is -0.522. The van der Waals surface area contributed by atoms with E-state index in [0.717, 1.165) is 11.1 Å². The molecule has 2 amide bonds. The average Bonchev–Trinajstić information content (AvgIpc) is 2.82. The quantitative estimate of drug-likeness (QED) is 0.502. The van der Waals surface area contributed by atoms with Gasteiger partial charge in [-0.25, -0.2) is 0 Å². The molecule has 0 aliphatic carbocycles. The molecule has 0 saturated heterocycles. The molecule has 0 aliphatic rings. The molecule has 2 N–H and O–H groups in total. The van der Waals surface area contributed by atoms with Crippen molar-refractivity contribution >= 4 is 23.4 Å². The minimum absolute atomic E-state index is 0.0432. The molecule has 0 heterocycles. The number of hydrogen-bond acceptors (Lipinski definition) is 4. The smallest absolute Gasteiger partial charge is 0.251 e. The van der Waals surface area contributed by atoms with Gasteiger partial charge in [-0.2, -0.15) is 0 Å². The third kappa shape index (κ3) is 6.23. The minimum atomic E-state index is -0.218. The summed E-state index contributed by atoms with van der Waals surface area (Å²) in [6.07, 6.45) is 0. The number of amides is 2. The van der Waals surface area contributed by atoms with Crippen LogP contribution < -0.4 is 10.6 Å². The average molecular weight is 443 g/mol. The van der Waals surface area contributed by atoms with Crippen LogP contribution in [0.15, 0.2) is 72.8 Å². The van der Waals surface area contributed by atoms with E-state index in [9.17, 15) is 19.2 Å². The Morgan fingerprint density at radius 3 is 1.52 bits per heavy atom. The SMILES string of the molecule is CC(=O)c1ccc(C(=O)NCc2ccc(C(C)NC(=O)c3ccc(C(C)=O)cc3)cc2)cc1. The number of hydrogen-bond donors (Lipinski definition) is 2. The Bertz CT molecular complexity index is 1160. The summed E-state index contributed by atoms with van der Waals surface area (Å²) in [5.41, 5.74) is 3.96. The van der Waals surface area contributed by atoms with E-state index in [1.807, 2.05) is 31.2 Å². The largest absolute Gasteiger partial charge is 0.348 e. The van der Waals surface area contributed by atoms with Crippen LogP contribution in [0.1, 0.15) is 79.4 Å². The van der Waals surface area contributed by atoms with Gasteiger partial charge in [0.2, 0.25) is 0 Å². The van der Waals surface area contributed by atoms with Gasteiger partial charge in [0.05, 0.1) is 6.04 Å². The van der Waals surface area contributed by atoms with E-state index in [4.69, 9.17) is 0 Å². The van der Waals surface area contributed by atoms with Crippen molar-refractivity contribution < 1.29 is 19.2 Å². The van der Waals surface area contributed by atoms with Crippen molar-refractivity contribution in [1.29, 1.82) is 0 Å². The summed E-state index contributed by atoms with van der Waals surface area (Å²) in [4.78, 5) is 47.5. The van der Waals surface area contributed by atoms with Crippen molar-refractivity contribution in [3.8, 4) is 0 Å². The number of carbonyl (C=O) groups excluding carboxylic acids is 4. The molecule has 3 aromatic rings. The van der Waals surface area contributed by atoms with E-state index in [-0.39, 0.29) is 29.4 Å². The van der Waals surface area contributed by atoms with Gasteiger partial charge in [0.25, 0.3) is 11.8 Å². The van der Waals surface area contributed by atoms with E-state index in [2.05, 4.69) is 10.6 Å². The van der Waals surface area contributed by atoms with Crippen LogP contribution in [0.2, 0.25) is 0 Å². The van der Waals surface area contributed by atoms with Gasteiger partial charge in [0.15, 0.2) is 11.6 Å². The second kappa shape index (κ2) is 10.5. The highest BCUT2D eigenvalue weighted by molar-refractivity contribution is 5.98. The predicted octanol–water partition coefficient (Wildman–Crippen LogP) is 4.51. The normalized spacial score (nSPS) is 11.4. The molecule has 0 aromatic heterocycles. The van der Waals surface area contributed by atoms with Gasteiger partial charge in [-0.1, -0.05) is 48.5 Å². The van der Waals surface area contributed by atoms with Crippen LogP contribution >= 0.6 is 0 Å². The van der Waals surface area contributed by atoms with E-state index >= 15 is 0 Å². The topological polar surface area (TPSA) is 92.3 Å². The molecule has 33 heavy (non-hydrogen) atoms. The third-order valence-corrected chi connectivity index (χ3v) is 5.39. The van der Waals surface area contributed by atoms with Gasteiger partial charge in [0.1, 0.15) is 0 Å². The first-order valence-corrected chi connectivity index (χ1v) is 10.6. The van der Waals surface area contributed by atoms with Gasteiger partial charge in [-0.05, 0) is 56.2 Å². The fourth-order valence-corrected chi connectivity index (χ4v) is 3.28. The molecule has 0 spiro atoms. The summed E-state index contributed by atoms with van der Waals surface area (Å²) >= 11 is 0. The van der Waals surface area contributed by atoms with E-state index in [1.54, 1.807) is 48.5 Å². The van der Waals surface area contributed by atoms with Crippen LogP contribution in [0.3, 0.4) is 0 Å². The van der Waals surface area contributed by atoms with Crippen LogP contribution in [0.4, 0.5) is 0 Å². The third-order valence-electron chi connectivity index (χ3n) is 5.39. The number of ketones is 2. The van der Waals surface area contributed by atoms with Crippen LogP contribution in [-0.2, 0) is 6.54 Å². The molecule has 6 nitrogen and oxygen atoms in total. The van der Waals surface area contributed by atoms with Crippen molar-refractivity contribution in [3.63, 3.8) is 0 Å². The van der Waals surface area contributed by atoms with Crippen molar-refractivity contribution in [1.82, 2.24) is 10.6 Å². The zero-order valence-corrected chi connectivity index (χ0v) is 18.8. The Hall–Kier alpha value is -4.06. The summed E-state index contributed by atoms with van der Waals surface area (Å²) in [6, 6.07) is 20.5. The molecule has 3 rings (SSSR count). The van der Waals surface area contributed by atoms with Gasteiger partial charge < -0.3 is 10.6 Å². The van der Waals surface area contributed by atoms with Crippen LogP contribution in [-0.4, -0.2) is 23.4 Å². The van der Waals surface area contributed by atoms with E-state index < -0.39 is 0 Å². The molecule has 0 saturated carbocycles. The van der Waals surface area contributed by atoms with E-state index in [0.29, 0.717) is 28.8 Å². The first-order valence-electron chi connectivity index (χ1n) is 10.6. The van der Waals surface area contributed by atoms with E-state index in [1.165, 1.54) is 13.8 Å². The Morgan fingerprint density at radius 2 is 1.06 bits per heavy atom. The van der Waals surface area contributed by atoms with Gasteiger partial charge in [-0.3, -0.25) is 19.2 Å². The summed E-state index contributed by atoms with van der Waals surface area (Å²) < 4.78 is 0. The lowest BCUT2D eigenvalue weighted by atomic mass is 10.0. The zero-order valence-electron chi connectivity index (χ0n) is 18.8. The molecule has 0 fully saturated rings. The first-order chi connectivity index (χ1) is 15.7. The Labute approximate surface area is 193 Å². The van der Waals surface area contributed by atoms with Gasteiger partial charge in [0, 0.05) is 28.8 Å². The molecular weight excluding hydrogens is 416 g/mol. The lowest BCUT2D eigenvalue weighted by Gasteiger charge is -2.15. The van der Waals surface area contributed by atoms with Gasteiger partial charge in [-0.15, -0.1) is 0 Å². The molecule has 0 aliphatic heterocycles. The summed E-state index contributed by atoms with van der Waals surface area (Å²) in [6.45, 7) is 5.22. The second-order valence-corrected chi connectivity index (χ2v) is 7.89. The highest BCUT2D eigenvalue weighted by Gasteiger charge is 2.12. The monoisotopic (exact) mass is 442 g/mol. The maximum atomic E-state index is 12.5. The fourth-order valence-electron chi connectivity index (χ4n) is 3.28. The van der Waals surface area contributed by atoms with Gasteiger partial charge >= 0.3 is 0 Å². The molecule has 6 heteroatoms. The van der Waals surface area contributed by atoms with Crippen LogP contribution in [0.25, 0.3) is 0 Å². The zero-order chi connectivity index (χ0) is 24.0. The van der Waals surface area contributed by atoms with Crippen molar-refractivity contribution in [3.05, 3.63) is 106 Å². The number of rotatable bonds is 8. The Kier molecular flexibility index (Phi) is 7.51. The fraction of sp³-hybridized carbons (Fsp3) is 0.185. The lowest BCUT2D eigenvalue weighted by Crippen LogP contribution is -2.26.